The van der Waals surface area contributed by atoms with Crippen molar-refractivity contribution in [1.29, 1.82) is 0 Å². The van der Waals surface area contributed by atoms with Crippen LogP contribution in [-0.4, -0.2) is 107 Å². The molecule has 0 radical (unpaired) electrons. The average Bonchev–Trinajstić information content (AvgIpc) is 2.97. The zero-order valence-corrected chi connectivity index (χ0v) is 24.9. The summed E-state index contributed by atoms with van der Waals surface area (Å²) in [5, 5.41) is 50.8. The van der Waals surface area contributed by atoms with Gasteiger partial charge in [-0.2, -0.15) is 0 Å². The molecule has 0 spiro atoms. The highest BCUT2D eigenvalue weighted by Crippen LogP contribution is 2.34. The second kappa shape index (κ2) is 18.6. The molecule has 43 heavy (non-hydrogen) atoms. The Kier molecular flexibility index (Phi) is 15.7. The summed E-state index contributed by atoms with van der Waals surface area (Å²) in [6.45, 7) is 2.20. The third-order valence-electron chi connectivity index (χ3n) is 6.75. The van der Waals surface area contributed by atoms with E-state index in [1.54, 1.807) is 31.2 Å². The molecule has 1 aliphatic heterocycles. The number of amides is 3. The van der Waals surface area contributed by atoms with Gasteiger partial charge in [0.2, 0.25) is 5.91 Å². The van der Waals surface area contributed by atoms with Crippen molar-refractivity contribution in [3.05, 3.63) is 34.9 Å². The number of rotatable bonds is 18. The highest BCUT2D eigenvalue weighted by Gasteiger charge is 2.55. The molecule has 7 N–H and O–H groups in total. The number of aliphatic carboxylic acids is 1. The van der Waals surface area contributed by atoms with Crippen LogP contribution in [0.15, 0.2) is 24.3 Å². The third-order valence-corrected chi connectivity index (χ3v) is 7.01. The molecule has 1 saturated heterocycles. The number of halogens is 1. The Labute approximate surface area is 256 Å². The van der Waals surface area contributed by atoms with Gasteiger partial charge in [-0.3, -0.25) is 4.79 Å². The van der Waals surface area contributed by atoms with Gasteiger partial charge < -0.3 is 50.6 Å². The van der Waals surface area contributed by atoms with E-state index in [4.69, 9.17) is 32.2 Å². The van der Waals surface area contributed by atoms with Gasteiger partial charge in [0, 0.05) is 31.1 Å². The minimum atomic E-state index is -2.36. The molecule has 14 heteroatoms. The van der Waals surface area contributed by atoms with Gasteiger partial charge in [-0.05, 0) is 37.5 Å². The first-order chi connectivity index (χ1) is 20.5. The topological polar surface area (TPSA) is 196 Å². The quantitative estimate of drug-likeness (QED) is 0.0892. The molecule has 1 heterocycles. The van der Waals surface area contributed by atoms with Gasteiger partial charge in [0.1, 0.15) is 18.8 Å². The minimum absolute atomic E-state index is 0.0199. The van der Waals surface area contributed by atoms with Crippen LogP contribution in [0.4, 0.5) is 4.79 Å². The normalized spacial score (nSPS) is 23.0. The van der Waals surface area contributed by atoms with Gasteiger partial charge in [-0.25, -0.2) is 9.59 Å². The van der Waals surface area contributed by atoms with E-state index in [2.05, 4.69) is 21.9 Å². The summed E-state index contributed by atoms with van der Waals surface area (Å²) >= 11 is 5.86. The zero-order valence-electron chi connectivity index (χ0n) is 24.2. The van der Waals surface area contributed by atoms with Gasteiger partial charge in [-0.15, -0.1) is 6.42 Å². The van der Waals surface area contributed by atoms with E-state index in [1.807, 2.05) is 0 Å². The number of ether oxygens (including phenoxy) is 3. The number of hydrogen-bond acceptors (Lipinski definition) is 9. The minimum Gasteiger partial charge on any atom is -0.477 e. The number of carboxylic acid groups (broad SMARTS) is 1. The lowest BCUT2D eigenvalue weighted by Crippen LogP contribution is -2.68. The van der Waals surface area contributed by atoms with E-state index in [0.717, 1.165) is 12.8 Å². The predicted octanol–water partition coefficient (Wildman–Crippen LogP) is 0.566. The Bertz CT molecular complexity index is 1070. The van der Waals surface area contributed by atoms with Crippen LogP contribution in [0.5, 0.6) is 0 Å². The maximum atomic E-state index is 12.4. The molecular formula is C29H42ClN3O10. The smallest absolute Gasteiger partial charge is 0.364 e. The van der Waals surface area contributed by atoms with Crippen molar-refractivity contribution in [3.8, 4) is 12.3 Å². The molecule has 6 atom stereocenters. The van der Waals surface area contributed by atoms with Crippen molar-refractivity contribution in [2.75, 3.05) is 32.9 Å². The molecule has 3 amide bonds. The van der Waals surface area contributed by atoms with E-state index in [1.165, 1.54) is 0 Å². The van der Waals surface area contributed by atoms with Gasteiger partial charge in [-0.1, -0.05) is 42.5 Å². The Hall–Kier alpha value is -2.96. The molecule has 1 aliphatic rings. The molecular weight excluding hydrogens is 586 g/mol. The summed E-state index contributed by atoms with van der Waals surface area (Å²) < 4.78 is 16.6. The largest absolute Gasteiger partial charge is 0.477 e. The molecule has 1 aromatic carbocycles. The first-order valence-electron chi connectivity index (χ1n) is 14.2. The Morgan fingerprint density at radius 2 is 1.81 bits per heavy atom. The number of urea groups is 1. The van der Waals surface area contributed by atoms with Gasteiger partial charge in [0.05, 0.1) is 31.3 Å². The zero-order chi connectivity index (χ0) is 31.8. The van der Waals surface area contributed by atoms with Gasteiger partial charge in [0.25, 0.3) is 5.79 Å². The summed E-state index contributed by atoms with van der Waals surface area (Å²) in [5.74, 6) is -1.99. The van der Waals surface area contributed by atoms with Crippen LogP contribution in [0, 0.1) is 12.3 Å². The molecule has 2 rings (SSSR count). The van der Waals surface area contributed by atoms with Crippen molar-refractivity contribution in [2.45, 2.75) is 81.7 Å². The fraction of sp³-hybridized carbons (Fsp3) is 0.621. The molecule has 0 aromatic heterocycles. The lowest BCUT2D eigenvalue weighted by molar-refractivity contribution is -0.310. The second-order valence-electron chi connectivity index (χ2n) is 10.1. The summed E-state index contributed by atoms with van der Waals surface area (Å²) in [6, 6.07) is 4.58. The summed E-state index contributed by atoms with van der Waals surface area (Å²) in [5.41, 5.74) is 0.669. The molecule has 0 aliphatic carbocycles. The second-order valence-corrected chi connectivity index (χ2v) is 10.6. The van der Waals surface area contributed by atoms with Crippen molar-refractivity contribution < 1.29 is 49.0 Å². The number of carboxylic acids is 1. The standard InChI is InChI=1S/C29H42ClN3O10/c1-3-13-41-14-7-5-6-8-15-42-29(27(38)39)17-21(34)24(33-28(40)31-4-2)26(43-29)25(37)22(35)18-32-23(36)16-19-9-11-20(30)12-10-19/h1,9-12,21-22,24-26,34-35,37H,4-8,13-18H2,2H3,(H,32,36)(H,38,39)(H2,31,33,40)/t21-,22+,24+,25+,26+,29+/m0/s1. The van der Waals surface area contributed by atoms with Crippen molar-refractivity contribution in [3.63, 3.8) is 0 Å². The number of unbranched alkanes of at least 4 members (excludes halogenated alkanes) is 3. The number of benzene rings is 1. The number of carbonyl (C=O) groups is 3. The highest BCUT2D eigenvalue weighted by atomic mass is 35.5. The van der Waals surface area contributed by atoms with Crippen LogP contribution < -0.4 is 16.0 Å². The summed E-state index contributed by atoms with van der Waals surface area (Å²) in [7, 11) is 0. The summed E-state index contributed by atoms with van der Waals surface area (Å²) in [6.07, 6.45) is 0.597. The molecule has 240 valence electrons. The first kappa shape index (κ1) is 36.2. The predicted molar refractivity (Wildman–Crippen MR) is 156 cm³/mol. The SMILES string of the molecule is C#CCOCCCCCCO[C@]1(C(=O)O)C[C@H](O)[C@@H](NC(=O)NCC)[C@H]([C@H](O)[C@H](O)CNC(=O)Cc2ccc(Cl)cc2)O1. The average molecular weight is 628 g/mol. The van der Waals surface area contributed by atoms with Crippen LogP contribution in [0.1, 0.15) is 44.6 Å². The van der Waals surface area contributed by atoms with E-state index < -0.39 is 67.1 Å². The Balaban J connectivity index is 2.07. The number of terminal acetylenes is 1. The van der Waals surface area contributed by atoms with Crippen molar-refractivity contribution >= 4 is 29.5 Å². The van der Waals surface area contributed by atoms with Crippen LogP contribution in [0.25, 0.3) is 0 Å². The molecule has 1 fully saturated rings. The molecule has 0 unspecified atom stereocenters. The summed E-state index contributed by atoms with van der Waals surface area (Å²) in [4.78, 5) is 37.1. The number of aliphatic hydroxyl groups excluding tert-OH is 3. The molecule has 13 nitrogen and oxygen atoms in total. The maximum Gasteiger partial charge on any atom is 0.364 e. The van der Waals surface area contributed by atoms with E-state index >= 15 is 0 Å². The van der Waals surface area contributed by atoms with E-state index in [9.17, 15) is 34.8 Å². The fourth-order valence-corrected chi connectivity index (χ4v) is 4.64. The molecule has 0 bridgehead atoms. The highest BCUT2D eigenvalue weighted by molar-refractivity contribution is 6.30. The number of aliphatic hydroxyl groups is 3. The molecule has 1 aromatic rings. The Morgan fingerprint density at radius 1 is 1.14 bits per heavy atom. The Morgan fingerprint density at radius 3 is 2.44 bits per heavy atom. The van der Waals surface area contributed by atoms with Crippen molar-refractivity contribution in [1.82, 2.24) is 16.0 Å². The number of hydrogen-bond donors (Lipinski definition) is 7. The van der Waals surface area contributed by atoms with Crippen LogP contribution in [0.3, 0.4) is 0 Å². The van der Waals surface area contributed by atoms with Gasteiger partial charge in [0.15, 0.2) is 0 Å². The van der Waals surface area contributed by atoms with Crippen molar-refractivity contribution in [2.24, 2.45) is 0 Å². The lowest BCUT2D eigenvalue weighted by atomic mass is 9.88. The van der Waals surface area contributed by atoms with Crippen LogP contribution >= 0.6 is 11.6 Å². The first-order valence-corrected chi connectivity index (χ1v) is 14.6. The van der Waals surface area contributed by atoms with E-state index in [0.29, 0.717) is 30.0 Å². The van der Waals surface area contributed by atoms with Gasteiger partial charge >= 0.3 is 12.0 Å². The lowest BCUT2D eigenvalue weighted by Gasteiger charge is -2.46. The van der Waals surface area contributed by atoms with Crippen LogP contribution in [0.2, 0.25) is 5.02 Å². The molecule has 0 saturated carbocycles. The van der Waals surface area contributed by atoms with Crippen LogP contribution in [-0.2, 0) is 30.2 Å². The maximum absolute atomic E-state index is 12.4. The van der Waals surface area contributed by atoms with E-state index in [-0.39, 0.29) is 26.2 Å². The monoisotopic (exact) mass is 627 g/mol. The number of nitrogens with one attached hydrogen (secondary N) is 3. The number of carbonyl (C=O) groups excluding carboxylic acids is 2. The third kappa shape index (κ3) is 11.9. The fourth-order valence-electron chi connectivity index (χ4n) is 4.51.